The molecule has 78 valence electrons. The Hall–Kier alpha value is -0.640. The largest absolute Gasteiger partial charge is 0.490 e. The Labute approximate surface area is 90.2 Å². The molecule has 14 heavy (non-hydrogen) atoms. The van der Waals surface area contributed by atoms with E-state index in [0.717, 1.165) is 0 Å². The van der Waals surface area contributed by atoms with Crippen LogP contribution >= 0.6 is 15.9 Å². The Morgan fingerprint density at radius 1 is 1.29 bits per heavy atom. The molecule has 4 heteroatoms. The van der Waals surface area contributed by atoms with Crippen LogP contribution in [0, 0.1) is 0 Å². The van der Waals surface area contributed by atoms with Gasteiger partial charge < -0.3 is 4.74 Å². The van der Waals surface area contributed by atoms with Gasteiger partial charge in [-0.1, -0.05) is 6.07 Å². The lowest BCUT2D eigenvalue weighted by molar-refractivity contribution is 0.150. The van der Waals surface area contributed by atoms with Crippen LogP contribution in [0.2, 0.25) is 0 Å². The van der Waals surface area contributed by atoms with E-state index in [9.17, 15) is 8.78 Å². The van der Waals surface area contributed by atoms with Gasteiger partial charge in [0.25, 0.3) is 6.43 Å². The molecule has 0 fully saturated rings. The summed E-state index contributed by atoms with van der Waals surface area (Å²) < 4.78 is 30.7. The summed E-state index contributed by atoms with van der Waals surface area (Å²) >= 11 is 3.24. The molecule has 0 bridgehead atoms. The Bertz CT molecular complexity index is 313. The first kappa shape index (κ1) is 11.4. The van der Waals surface area contributed by atoms with E-state index < -0.39 is 6.43 Å². The van der Waals surface area contributed by atoms with E-state index in [1.165, 1.54) is 12.1 Å². The van der Waals surface area contributed by atoms with Crippen molar-refractivity contribution < 1.29 is 13.5 Å². The Kier molecular flexibility index (Phi) is 3.86. The highest BCUT2D eigenvalue weighted by Crippen LogP contribution is 2.30. The van der Waals surface area contributed by atoms with Gasteiger partial charge in [0.15, 0.2) is 0 Å². The molecule has 0 saturated carbocycles. The van der Waals surface area contributed by atoms with Gasteiger partial charge in [0.05, 0.1) is 10.6 Å². The van der Waals surface area contributed by atoms with Crippen molar-refractivity contribution >= 4 is 15.9 Å². The smallest absolute Gasteiger partial charge is 0.263 e. The van der Waals surface area contributed by atoms with Gasteiger partial charge in [-0.15, -0.1) is 0 Å². The fraction of sp³-hybridized carbons (Fsp3) is 0.400. The van der Waals surface area contributed by atoms with Gasteiger partial charge >= 0.3 is 0 Å². The molecule has 0 aliphatic heterocycles. The minimum Gasteiger partial charge on any atom is -0.490 e. The van der Waals surface area contributed by atoms with Crippen LogP contribution in [0.3, 0.4) is 0 Å². The molecule has 1 nitrogen and oxygen atoms in total. The molecule has 0 radical (unpaired) electrons. The van der Waals surface area contributed by atoms with Gasteiger partial charge in [-0.2, -0.15) is 0 Å². The molecule has 0 unspecified atom stereocenters. The maximum atomic E-state index is 12.3. The van der Waals surface area contributed by atoms with Gasteiger partial charge in [0.2, 0.25) is 0 Å². The fourth-order valence-corrected chi connectivity index (χ4v) is 1.34. The molecule has 0 amide bonds. The van der Waals surface area contributed by atoms with Crippen LogP contribution in [0.15, 0.2) is 22.7 Å². The minimum absolute atomic E-state index is 0.0242. The number of alkyl halides is 2. The first-order chi connectivity index (χ1) is 6.50. The van der Waals surface area contributed by atoms with Crippen molar-refractivity contribution in [1.29, 1.82) is 0 Å². The maximum Gasteiger partial charge on any atom is 0.263 e. The quantitative estimate of drug-likeness (QED) is 0.796. The second kappa shape index (κ2) is 4.73. The van der Waals surface area contributed by atoms with Gasteiger partial charge in [-0.05, 0) is 41.9 Å². The van der Waals surface area contributed by atoms with Crippen molar-refractivity contribution in [2.45, 2.75) is 26.4 Å². The van der Waals surface area contributed by atoms with E-state index in [1.54, 1.807) is 6.07 Å². The number of hydrogen-bond acceptors (Lipinski definition) is 1. The molecule has 0 spiro atoms. The SMILES string of the molecule is CC(C)Oc1cc(C(F)F)ccc1Br. The maximum absolute atomic E-state index is 12.3. The first-order valence-corrected chi connectivity index (χ1v) is 5.04. The Balaban J connectivity index is 2.96. The summed E-state index contributed by atoms with van der Waals surface area (Å²) in [4.78, 5) is 0. The molecule has 1 aromatic carbocycles. The van der Waals surface area contributed by atoms with Gasteiger partial charge in [0, 0.05) is 5.56 Å². The van der Waals surface area contributed by atoms with Gasteiger partial charge in [0.1, 0.15) is 5.75 Å². The van der Waals surface area contributed by atoms with Crippen LogP contribution in [0.1, 0.15) is 25.8 Å². The molecule has 0 aliphatic carbocycles. The third-order valence-corrected chi connectivity index (χ3v) is 2.23. The Morgan fingerprint density at radius 2 is 1.93 bits per heavy atom. The summed E-state index contributed by atoms with van der Waals surface area (Å²) in [6.45, 7) is 3.70. The number of rotatable bonds is 3. The normalized spacial score (nSPS) is 11.1. The van der Waals surface area contributed by atoms with E-state index in [2.05, 4.69) is 15.9 Å². The zero-order valence-electron chi connectivity index (χ0n) is 7.93. The highest BCUT2D eigenvalue weighted by molar-refractivity contribution is 9.10. The van der Waals surface area contributed by atoms with E-state index in [1.807, 2.05) is 13.8 Å². The van der Waals surface area contributed by atoms with E-state index in [0.29, 0.717) is 10.2 Å². The zero-order valence-corrected chi connectivity index (χ0v) is 9.51. The molecule has 0 aliphatic rings. The monoisotopic (exact) mass is 264 g/mol. The number of halogens is 3. The first-order valence-electron chi connectivity index (χ1n) is 4.25. The molecular formula is C10H11BrF2O. The molecule has 1 rings (SSSR count). The minimum atomic E-state index is -2.46. The third-order valence-electron chi connectivity index (χ3n) is 1.57. The molecule has 0 aromatic heterocycles. The zero-order chi connectivity index (χ0) is 10.7. The number of benzene rings is 1. The summed E-state index contributed by atoms with van der Waals surface area (Å²) in [7, 11) is 0. The standard InChI is InChI=1S/C10H11BrF2O/c1-6(2)14-9-5-7(10(12)13)3-4-8(9)11/h3-6,10H,1-2H3. The lowest BCUT2D eigenvalue weighted by Gasteiger charge is -2.12. The van der Waals surface area contributed by atoms with Crippen molar-refractivity contribution in [3.05, 3.63) is 28.2 Å². The molecular weight excluding hydrogens is 254 g/mol. The fourth-order valence-electron chi connectivity index (χ4n) is 1.000. The topological polar surface area (TPSA) is 9.23 Å². The van der Waals surface area contributed by atoms with Crippen LogP contribution in [0.25, 0.3) is 0 Å². The predicted molar refractivity (Wildman–Crippen MR) is 54.9 cm³/mol. The van der Waals surface area contributed by atoms with Crippen LogP contribution < -0.4 is 4.74 Å². The lowest BCUT2D eigenvalue weighted by Crippen LogP contribution is -2.06. The second-order valence-corrected chi connectivity index (χ2v) is 4.01. The van der Waals surface area contributed by atoms with Gasteiger partial charge in [-0.25, -0.2) is 8.78 Å². The highest BCUT2D eigenvalue weighted by atomic mass is 79.9. The molecule has 0 atom stereocenters. The molecule has 0 N–H and O–H groups in total. The summed E-state index contributed by atoms with van der Waals surface area (Å²) in [5, 5.41) is 0. The lowest BCUT2D eigenvalue weighted by atomic mass is 10.2. The molecule has 1 aromatic rings. The van der Waals surface area contributed by atoms with Crippen LogP contribution in [0.4, 0.5) is 8.78 Å². The number of hydrogen-bond donors (Lipinski definition) is 0. The van der Waals surface area contributed by atoms with Crippen LogP contribution in [-0.4, -0.2) is 6.10 Å². The van der Waals surface area contributed by atoms with Crippen LogP contribution in [-0.2, 0) is 0 Å². The van der Waals surface area contributed by atoms with Crippen molar-refractivity contribution in [2.24, 2.45) is 0 Å². The van der Waals surface area contributed by atoms with E-state index in [-0.39, 0.29) is 11.7 Å². The van der Waals surface area contributed by atoms with Crippen molar-refractivity contribution in [1.82, 2.24) is 0 Å². The summed E-state index contributed by atoms with van der Waals surface area (Å²) in [6.07, 6.45) is -2.49. The van der Waals surface area contributed by atoms with Gasteiger partial charge in [-0.3, -0.25) is 0 Å². The second-order valence-electron chi connectivity index (χ2n) is 3.16. The van der Waals surface area contributed by atoms with E-state index >= 15 is 0 Å². The average Bonchev–Trinajstić information content (AvgIpc) is 2.07. The summed E-state index contributed by atoms with van der Waals surface area (Å²) in [6, 6.07) is 4.30. The summed E-state index contributed by atoms with van der Waals surface area (Å²) in [5.41, 5.74) is -0.0242. The molecule has 0 heterocycles. The third kappa shape index (κ3) is 2.94. The predicted octanol–water partition coefficient (Wildman–Crippen LogP) is 4.17. The van der Waals surface area contributed by atoms with Crippen molar-refractivity contribution in [2.75, 3.05) is 0 Å². The summed E-state index contributed by atoms with van der Waals surface area (Å²) in [5.74, 6) is 0.456. The highest BCUT2D eigenvalue weighted by Gasteiger charge is 2.11. The Morgan fingerprint density at radius 3 is 2.43 bits per heavy atom. The average molecular weight is 265 g/mol. The van der Waals surface area contributed by atoms with Crippen molar-refractivity contribution in [3.8, 4) is 5.75 Å². The van der Waals surface area contributed by atoms with Crippen LogP contribution in [0.5, 0.6) is 5.75 Å². The van der Waals surface area contributed by atoms with Crippen molar-refractivity contribution in [3.63, 3.8) is 0 Å². The van der Waals surface area contributed by atoms with E-state index in [4.69, 9.17) is 4.74 Å². The molecule has 0 saturated heterocycles. The number of ether oxygens (including phenoxy) is 1.